The highest BCUT2D eigenvalue weighted by molar-refractivity contribution is 9.10. The van der Waals surface area contributed by atoms with Gasteiger partial charge in [0.2, 0.25) is 0 Å². The number of carbonyl (C=O) groups excluding carboxylic acids is 1. The molecular weight excluding hydrogens is 328 g/mol. The third kappa shape index (κ3) is 3.10. The molecule has 0 bridgehead atoms. The number of hydrogen-bond donors (Lipinski definition) is 3. The topological polar surface area (TPSA) is 89.9 Å². The first-order valence-corrected chi connectivity index (χ1v) is 6.92. The number of anilines is 1. The van der Waals surface area contributed by atoms with Crippen LogP contribution in [0.25, 0.3) is 0 Å². The Bertz CT molecular complexity index is 549. The number of likely N-dealkylation sites (tertiary alicyclic amines) is 1. The minimum atomic E-state index is -1.11. The Morgan fingerprint density at radius 1 is 1.45 bits per heavy atom. The Balaban J connectivity index is 2.11. The molecule has 1 aliphatic heterocycles. The molecule has 1 aromatic rings. The Labute approximate surface area is 124 Å². The molecular formula is C13H15BrN2O4. The summed E-state index contributed by atoms with van der Waals surface area (Å²) < 4.78 is 0.853. The van der Waals surface area contributed by atoms with E-state index < -0.39 is 24.1 Å². The van der Waals surface area contributed by atoms with Gasteiger partial charge in [-0.05, 0) is 24.6 Å². The van der Waals surface area contributed by atoms with Gasteiger partial charge in [0.15, 0.2) is 0 Å². The lowest BCUT2D eigenvalue weighted by Gasteiger charge is -2.21. The van der Waals surface area contributed by atoms with Crippen molar-refractivity contribution >= 4 is 33.6 Å². The SMILES string of the molecule is Cc1ccc(NC(=O)N2C[C@H](O)C[C@H]2C(=O)O)cc1Br. The minimum Gasteiger partial charge on any atom is -0.480 e. The Hall–Kier alpha value is -1.60. The molecule has 1 fully saturated rings. The molecule has 0 aliphatic carbocycles. The number of aliphatic hydroxyl groups is 1. The highest BCUT2D eigenvalue weighted by Crippen LogP contribution is 2.23. The van der Waals surface area contributed by atoms with E-state index in [4.69, 9.17) is 5.11 Å². The van der Waals surface area contributed by atoms with Crippen molar-refractivity contribution in [3.05, 3.63) is 28.2 Å². The minimum absolute atomic E-state index is 0.0236. The van der Waals surface area contributed by atoms with Crippen molar-refractivity contribution in [3.63, 3.8) is 0 Å². The number of nitrogens with one attached hydrogen (secondary N) is 1. The molecule has 1 saturated heterocycles. The molecule has 2 amide bonds. The number of hydrogen-bond acceptors (Lipinski definition) is 3. The monoisotopic (exact) mass is 342 g/mol. The molecule has 0 spiro atoms. The predicted molar refractivity (Wildman–Crippen MR) is 76.7 cm³/mol. The van der Waals surface area contributed by atoms with E-state index in [0.29, 0.717) is 5.69 Å². The third-order valence-electron chi connectivity index (χ3n) is 3.25. The van der Waals surface area contributed by atoms with Crippen molar-refractivity contribution < 1.29 is 19.8 Å². The molecule has 2 atom stereocenters. The van der Waals surface area contributed by atoms with Crippen LogP contribution in [0.3, 0.4) is 0 Å². The number of aliphatic hydroxyl groups excluding tert-OH is 1. The van der Waals surface area contributed by atoms with Gasteiger partial charge in [0.25, 0.3) is 0 Å². The van der Waals surface area contributed by atoms with E-state index in [0.717, 1.165) is 14.9 Å². The zero-order chi connectivity index (χ0) is 14.9. The molecule has 108 valence electrons. The quantitative estimate of drug-likeness (QED) is 0.764. The van der Waals surface area contributed by atoms with Gasteiger partial charge in [-0.15, -0.1) is 0 Å². The van der Waals surface area contributed by atoms with Crippen LogP contribution < -0.4 is 5.32 Å². The molecule has 0 aromatic heterocycles. The van der Waals surface area contributed by atoms with E-state index >= 15 is 0 Å². The number of carbonyl (C=O) groups is 2. The smallest absolute Gasteiger partial charge is 0.326 e. The first-order valence-electron chi connectivity index (χ1n) is 6.13. The zero-order valence-electron chi connectivity index (χ0n) is 10.8. The lowest BCUT2D eigenvalue weighted by molar-refractivity contribution is -0.141. The number of rotatable bonds is 2. The normalized spacial score (nSPS) is 21.9. The van der Waals surface area contributed by atoms with Gasteiger partial charge in [0.05, 0.1) is 6.10 Å². The van der Waals surface area contributed by atoms with Crippen LogP contribution in [-0.2, 0) is 4.79 Å². The number of amides is 2. The molecule has 0 radical (unpaired) electrons. The van der Waals surface area contributed by atoms with Crippen molar-refractivity contribution in [2.45, 2.75) is 25.5 Å². The van der Waals surface area contributed by atoms with Gasteiger partial charge >= 0.3 is 12.0 Å². The third-order valence-corrected chi connectivity index (χ3v) is 4.10. The molecule has 1 aromatic carbocycles. The molecule has 1 aliphatic rings. The number of carboxylic acids is 1. The summed E-state index contributed by atoms with van der Waals surface area (Å²) in [7, 11) is 0. The van der Waals surface area contributed by atoms with Gasteiger partial charge in [-0.3, -0.25) is 0 Å². The highest BCUT2D eigenvalue weighted by atomic mass is 79.9. The highest BCUT2D eigenvalue weighted by Gasteiger charge is 2.38. The summed E-state index contributed by atoms with van der Waals surface area (Å²) in [6.45, 7) is 1.95. The number of halogens is 1. The molecule has 1 heterocycles. The molecule has 0 unspecified atom stereocenters. The van der Waals surface area contributed by atoms with Crippen molar-refractivity contribution in [1.29, 1.82) is 0 Å². The lowest BCUT2D eigenvalue weighted by Crippen LogP contribution is -2.43. The fourth-order valence-corrected chi connectivity index (χ4v) is 2.52. The zero-order valence-corrected chi connectivity index (χ0v) is 12.4. The Kier molecular flexibility index (Phi) is 4.29. The number of carboxylic acid groups (broad SMARTS) is 1. The first-order chi connectivity index (χ1) is 9.38. The molecule has 20 heavy (non-hydrogen) atoms. The van der Waals surface area contributed by atoms with E-state index in [-0.39, 0.29) is 13.0 Å². The number of β-amino-alcohol motifs (C(OH)–C–C–N with tert-alkyl or cyclic N) is 1. The second-order valence-corrected chi connectivity index (χ2v) is 5.64. The van der Waals surface area contributed by atoms with E-state index in [1.165, 1.54) is 0 Å². The van der Waals surface area contributed by atoms with Gasteiger partial charge < -0.3 is 20.4 Å². The molecule has 7 heteroatoms. The van der Waals surface area contributed by atoms with Gasteiger partial charge in [0.1, 0.15) is 6.04 Å². The van der Waals surface area contributed by atoms with E-state index in [9.17, 15) is 14.7 Å². The van der Waals surface area contributed by atoms with Crippen LogP contribution in [0.15, 0.2) is 22.7 Å². The van der Waals surface area contributed by atoms with Crippen molar-refractivity contribution in [2.75, 3.05) is 11.9 Å². The van der Waals surface area contributed by atoms with E-state index in [1.54, 1.807) is 12.1 Å². The lowest BCUT2D eigenvalue weighted by atomic mass is 10.2. The van der Waals surface area contributed by atoms with Gasteiger partial charge in [0, 0.05) is 23.1 Å². The average Bonchev–Trinajstić information content (AvgIpc) is 2.76. The van der Waals surface area contributed by atoms with E-state index in [1.807, 2.05) is 13.0 Å². The summed E-state index contributed by atoms with van der Waals surface area (Å²) in [5, 5.41) is 21.2. The maximum atomic E-state index is 12.1. The first kappa shape index (κ1) is 14.8. The van der Waals surface area contributed by atoms with E-state index in [2.05, 4.69) is 21.2 Å². The molecule has 3 N–H and O–H groups in total. The van der Waals surface area contributed by atoms with Gasteiger partial charge in [-0.1, -0.05) is 22.0 Å². The molecule has 6 nitrogen and oxygen atoms in total. The molecule has 2 rings (SSSR count). The average molecular weight is 343 g/mol. The second kappa shape index (κ2) is 5.80. The summed E-state index contributed by atoms with van der Waals surface area (Å²) in [5.41, 5.74) is 1.60. The largest absolute Gasteiger partial charge is 0.480 e. The maximum Gasteiger partial charge on any atom is 0.326 e. The Morgan fingerprint density at radius 2 is 2.15 bits per heavy atom. The summed E-state index contributed by atoms with van der Waals surface area (Å²) >= 11 is 3.37. The second-order valence-electron chi connectivity index (χ2n) is 4.79. The summed E-state index contributed by atoms with van der Waals surface area (Å²) in [6, 6.07) is 3.81. The van der Waals surface area contributed by atoms with Crippen LogP contribution in [0, 0.1) is 6.92 Å². The predicted octanol–water partition coefficient (Wildman–Crippen LogP) is 1.81. The number of nitrogens with zero attached hydrogens (tertiary/aromatic N) is 1. The van der Waals surface area contributed by atoms with Crippen LogP contribution in [0.5, 0.6) is 0 Å². The van der Waals surface area contributed by atoms with Gasteiger partial charge in [-0.25, -0.2) is 9.59 Å². The van der Waals surface area contributed by atoms with Crippen LogP contribution >= 0.6 is 15.9 Å². The van der Waals surface area contributed by atoms with Crippen molar-refractivity contribution in [1.82, 2.24) is 4.90 Å². The Morgan fingerprint density at radius 3 is 2.75 bits per heavy atom. The standard InChI is InChI=1S/C13H15BrN2O4/c1-7-2-3-8(4-10(7)14)15-13(20)16-6-9(17)5-11(16)12(18)19/h2-4,9,11,17H,5-6H2,1H3,(H,15,20)(H,18,19)/t9-,11+/m1/s1. The number of benzene rings is 1. The summed E-state index contributed by atoms with van der Waals surface area (Å²) in [6.07, 6.45) is -0.744. The van der Waals surface area contributed by atoms with Crippen LogP contribution in [0.2, 0.25) is 0 Å². The maximum absolute atomic E-state index is 12.1. The summed E-state index contributed by atoms with van der Waals surface area (Å²) in [5.74, 6) is -1.11. The fourth-order valence-electron chi connectivity index (χ4n) is 2.14. The van der Waals surface area contributed by atoms with Crippen molar-refractivity contribution in [2.24, 2.45) is 0 Å². The summed E-state index contributed by atoms with van der Waals surface area (Å²) in [4.78, 5) is 24.3. The molecule has 0 saturated carbocycles. The van der Waals surface area contributed by atoms with Crippen LogP contribution in [0.4, 0.5) is 10.5 Å². The van der Waals surface area contributed by atoms with Crippen LogP contribution in [-0.4, -0.2) is 45.8 Å². The van der Waals surface area contributed by atoms with Gasteiger partial charge in [-0.2, -0.15) is 0 Å². The number of urea groups is 1. The van der Waals surface area contributed by atoms with Crippen LogP contribution in [0.1, 0.15) is 12.0 Å². The fraction of sp³-hybridized carbons (Fsp3) is 0.385. The number of aryl methyl sites for hydroxylation is 1. The van der Waals surface area contributed by atoms with Crippen molar-refractivity contribution in [3.8, 4) is 0 Å². The number of aliphatic carboxylic acids is 1.